The van der Waals surface area contributed by atoms with Crippen LogP contribution in [0.5, 0.6) is 0 Å². The number of H-pyrrole nitrogens is 1. The highest BCUT2D eigenvalue weighted by Crippen LogP contribution is 2.24. The quantitative estimate of drug-likeness (QED) is 0.903. The first-order valence-electron chi connectivity index (χ1n) is 6.65. The van der Waals surface area contributed by atoms with Gasteiger partial charge >= 0.3 is 0 Å². The minimum atomic E-state index is -0.253. The Morgan fingerprint density at radius 2 is 2.10 bits per heavy atom. The SMILES string of the molecule is Fc1cc(Br)ccc1-c1cnc(CN2CCNCC2)[nH]1. The van der Waals surface area contributed by atoms with Crippen molar-refractivity contribution in [2.24, 2.45) is 0 Å². The largest absolute Gasteiger partial charge is 0.341 e. The maximum Gasteiger partial charge on any atom is 0.133 e. The third kappa shape index (κ3) is 3.08. The Hall–Kier alpha value is -1.24. The summed E-state index contributed by atoms with van der Waals surface area (Å²) in [5.41, 5.74) is 1.27. The summed E-state index contributed by atoms with van der Waals surface area (Å²) in [6.07, 6.45) is 1.70. The molecule has 0 bridgehead atoms. The fraction of sp³-hybridized carbons (Fsp3) is 0.357. The van der Waals surface area contributed by atoms with Crippen LogP contribution in [-0.2, 0) is 6.54 Å². The molecule has 0 atom stereocenters. The summed E-state index contributed by atoms with van der Waals surface area (Å²) < 4.78 is 14.6. The highest BCUT2D eigenvalue weighted by Gasteiger charge is 2.13. The Labute approximate surface area is 125 Å². The number of aromatic nitrogens is 2. The number of nitrogens with zero attached hydrogens (tertiary/aromatic N) is 2. The molecule has 1 aromatic heterocycles. The van der Waals surface area contributed by atoms with E-state index in [2.05, 4.69) is 36.1 Å². The van der Waals surface area contributed by atoms with Gasteiger partial charge in [-0.15, -0.1) is 0 Å². The lowest BCUT2D eigenvalue weighted by Gasteiger charge is -2.26. The van der Waals surface area contributed by atoms with Gasteiger partial charge in [-0.05, 0) is 18.2 Å². The molecule has 0 spiro atoms. The van der Waals surface area contributed by atoms with Crippen LogP contribution < -0.4 is 5.32 Å². The van der Waals surface area contributed by atoms with Gasteiger partial charge in [-0.25, -0.2) is 9.37 Å². The minimum absolute atomic E-state index is 0.253. The smallest absolute Gasteiger partial charge is 0.133 e. The van der Waals surface area contributed by atoms with Gasteiger partial charge in [0.1, 0.15) is 11.6 Å². The number of piperazine rings is 1. The highest BCUT2D eigenvalue weighted by atomic mass is 79.9. The molecule has 2 N–H and O–H groups in total. The van der Waals surface area contributed by atoms with Crippen LogP contribution in [0.15, 0.2) is 28.9 Å². The fourth-order valence-electron chi connectivity index (χ4n) is 2.37. The number of hydrogen-bond donors (Lipinski definition) is 2. The van der Waals surface area contributed by atoms with E-state index in [1.165, 1.54) is 6.07 Å². The van der Waals surface area contributed by atoms with E-state index in [0.717, 1.165) is 48.7 Å². The molecule has 4 nitrogen and oxygen atoms in total. The van der Waals surface area contributed by atoms with Crippen LogP contribution in [-0.4, -0.2) is 41.0 Å². The number of benzene rings is 1. The lowest BCUT2D eigenvalue weighted by atomic mass is 10.1. The molecule has 0 radical (unpaired) electrons. The van der Waals surface area contributed by atoms with Gasteiger partial charge < -0.3 is 10.3 Å². The average Bonchev–Trinajstić information content (AvgIpc) is 2.88. The zero-order chi connectivity index (χ0) is 13.9. The Morgan fingerprint density at radius 3 is 2.85 bits per heavy atom. The molecule has 106 valence electrons. The van der Waals surface area contributed by atoms with Crippen LogP contribution in [0, 0.1) is 5.82 Å². The lowest BCUT2D eigenvalue weighted by Crippen LogP contribution is -2.43. The first kappa shape index (κ1) is 13.7. The van der Waals surface area contributed by atoms with Crippen LogP contribution >= 0.6 is 15.9 Å². The summed E-state index contributed by atoms with van der Waals surface area (Å²) in [4.78, 5) is 9.89. The van der Waals surface area contributed by atoms with E-state index >= 15 is 0 Å². The van der Waals surface area contributed by atoms with Gasteiger partial charge in [0, 0.05) is 36.2 Å². The number of nitrogens with one attached hydrogen (secondary N) is 2. The van der Waals surface area contributed by atoms with Gasteiger partial charge in [0.25, 0.3) is 0 Å². The Bertz CT molecular complexity index is 593. The average molecular weight is 339 g/mol. The Balaban J connectivity index is 1.75. The van der Waals surface area contributed by atoms with Crippen molar-refractivity contribution in [2.75, 3.05) is 26.2 Å². The molecule has 1 saturated heterocycles. The Kier molecular flexibility index (Phi) is 4.14. The van der Waals surface area contributed by atoms with E-state index in [1.807, 2.05) is 6.07 Å². The first-order chi connectivity index (χ1) is 9.72. The van der Waals surface area contributed by atoms with Crippen molar-refractivity contribution in [3.63, 3.8) is 0 Å². The zero-order valence-electron chi connectivity index (χ0n) is 11.0. The minimum Gasteiger partial charge on any atom is -0.341 e. The number of halogens is 2. The third-order valence-corrected chi connectivity index (χ3v) is 3.93. The maximum atomic E-state index is 13.9. The third-order valence-electron chi connectivity index (χ3n) is 3.43. The second kappa shape index (κ2) is 6.03. The van der Waals surface area contributed by atoms with Crippen molar-refractivity contribution >= 4 is 15.9 Å². The van der Waals surface area contributed by atoms with Gasteiger partial charge in [0.15, 0.2) is 0 Å². The maximum absolute atomic E-state index is 13.9. The monoisotopic (exact) mass is 338 g/mol. The van der Waals surface area contributed by atoms with Gasteiger partial charge in [-0.1, -0.05) is 15.9 Å². The van der Waals surface area contributed by atoms with E-state index in [9.17, 15) is 4.39 Å². The predicted octanol–water partition coefficient (Wildman–Crippen LogP) is 2.38. The van der Waals surface area contributed by atoms with Crippen molar-refractivity contribution in [1.29, 1.82) is 0 Å². The second-order valence-corrected chi connectivity index (χ2v) is 5.81. The van der Waals surface area contributed by atoms with E-state index in [4.69, 9.17) is 0 Å². The fourth-order valence-corrected chi connectivity index (χ4v) is 2.70. The molecule has 2 aromatic rings. The van der Waals surface area contributed by atoms with Gasteiger partial charge in [-0.2, -0.15) is 0 Å². The molecule has 1 aromatic carbocycles. The van der Waals surface area contributed by atoms with E-state index in [-0.39, 0.29) is 5.82 Å². The van der Waals surface area contributed by atoms with Crippen molar-refractivity contribution in [3.8, 4) is 11.3 Å². The van der Waals surface area contributed by atoms with E-state index in [0.29, 0.717) is 5.56 Å². The van der Waals surface area contributed by atoms with Gasteiger partial charge in [0.05, 0.1) is 18.4 Å². The summed E-state index contributed by atoms with van der Waals surface area (Å²) in [7, 11) is 0. The number of imidazole rings is 1. The lowest BCUT2D eigenvalue weighted by molar-refractivity contribution is 0.228. The molecule has 0 saturated carbocycles. The van der Waals surface area contributed by atoms with Gasteiger partial charge in [-0.3, -0.25) is 4.90 Å². The Morgan fingerprint density at radius 1 is 1.30 bits per heavy atom. The molecule has 0 amide bonds. The molecule has 6 heteroatoms. The standard InChI is InChI=1S/C14H16BrFN4/c15-10-1-2-11(12(16)7-10)13-8-18-14(19-13)9-20-5-3-17-4-6-20/h1-2,7-8,17H,3-6,9H2,(H,18,19). The van der Waals surface area contributed by atoms with Crippen LogP contribution in [0.3, 0.4) is 0 Å². The van der Waals surface area contributed by atoms with Crippen LogP contribution in [0.1, 0.15) is 5.82 Å². The molecule has 2 heterocycles. The number of rotatable bonds is 3. The normalized spacial score (nSPS) is 16.5. The molecule has 20 heavy (non-hydrogen) atoms. The molecule has 3 rings (SSSR count). The molecule has 0 unspecified atom stereocenters. The zero-order valence-corrected chi connectivity index (χ0v) is 12.6. The molecular formula is C14H16BrFN4. The summed E-state index contributed by atoms with van der Waals surface area (Å²) in [5, 5.41) is 3.32. The van der Waals surface area contributed by atoms with Crippen molar-refractivity contribution in [2.45, 2.75) is 6.54 Å². The topological polar surface area (TPSA) is 44.0 Å². The summed E-state index contributed by atoms with van der Waals surface area (Å²) >= 11 is 3.26. The van der Waals surface area contributed by atoms with Crippen molar-refractivity contribution in [1.82, 2.24) is 20.2 Å². The first-order valence-corrected chi connectivity index (χ1v) is 7.44. The van der Waals surface area contributed by atoms with Crippen LogP contribution in [0.2, 0.25) is 0 Å². The van der Waals surface area contributed by atoms with Gasteiger partial charge in [0.2, 0.25) is 0 Å². The predicted molar refractivity (Wildman–Crippen MR) is 79.8 cm³/mol. The molecular weight excluding hydrogens is 323 g/mol. The van der Waals surface area contributed by atoms with E-state index in [1.54, 1.807) is 12.3 Å². The van der Waals surface area contributed by atoms with Crippen LogP contribution in [0.25, 0.3) is 11.3 Å². The summed E-state index contributed by atoms with van der Waals surface area (Å²) in [6, 6.07) is 5.04. The number of aromatic amines is 1. The summed E-state index contributed by atoms with van der Waals surface area (Å²) in [5.74, 6) is 0.626. The molecule has 1 aliphatic heterocycles. The molecule has 0 aliphatic carbocycles. The summed E-state index contributed by atoms with van der Waals surface area (Å²) in [6.45, 7) is 4.83. The second-order valence-electron chi connectivity index (χ2n) is 4.89. The van der Waals surface area contributed by atoms with Crippen LogP contribution in [0.4, 0.5) is 4.39 Å². The molecule has 1 fully saturated rings. The van der Waals surface area contributed by atoms with Crippen molar-refractivity contribution in [3.05, 3.63) is 40.5 Å². The van der Waals surface area contributed by atoms with Crippen molar-refractivity contribution < 1.29 is 4.39 Å². The van der Waals surface area contributed by atoms with E-state index < -0.39 is 0 Å². The number of hydrogen-bond acceptors (Lipinski definition) is 3. The highest BCUT2D eigenvalue weighted by molar-refractivity contribution is 9.10. The molecule has 1 aliphatic rings.